The summed E-state index contributed by atoms with van der Waals surface area (Å²) < 4.78 is 5.54. The minimum atomic E-state index is -0.811. The number of amides is 3. The van der Waals surface area contributed by atoms with E-state index < -0.39 is 23.8 Å². The number of carbonyl (C=O) groups excluding carboxylic acids is 3. The van der Waals surface area contributed by atoms with E-state index in [1.54, 1.807) is 37.4 Å². The predicted octanol–water partition coefficient (Wildman–Crippen LogP) is 7.09. The minimum absolute atomic E-state index is 0.111. The van der Waals surface area contributed by atoms with E-state index in [0.717, 1.165) is 55.2 Å². The molecule has 3 atom stereocenters. The van der Waals surface area contributed by atoms with Gasteiger partial charge in [-0.05, 0) is 103 Å². The summed E-state index contributed by atoms with van der Waals surface area (Å²) in [6, 6.07) is 4.35. The summed E-state index contributed by atoms with van der Waals surface area (Å²) in [6.45, 7) is 15.8. The highest BCUT2D eigenvalue weighted by Gasteiger charge is 2.40. The molecule has 0 spiro atoms. The van der Waals surface area contributed by atoms with Gasteiger partial charge in [-0.3, -0.25) is 9.59 Å². The maximum absolute atomic E-state index is 14.6. The van der Waals surface area contributed by atoms with Gasteiger partial charge in [0.1, 0.15) is 17.7 Å². The molecule has 0 heterocycles. The maximum Gasteiger partial charge on any atom is 0.408 e. The molecule has 2 rings (SSSR count). The van der Waals surface area contributed by atoms with Crippen LogP contribution in [-0.2, 0) is 14.3 Å². The Morgan fingerprint density at radius 3 is 2.24 bits per heavy atom. The molecular weight excluding hydrogens is 534 g/mol. The average Bonchev–Trinajstić information content (AvgIpc) is 2.88. The van der Waals surface area contributed by atoms with E-state index in [1.165, 1.54) is 6.42 Å². The van der Waals surface area contributed by atoms with Crippen LogP contribution >= 0.6 is 11.8 Å². The van der Waals surface area contributed by atoms with Gasteiger partial charge in [-0.2, -0.15) is 11.8 Å². The lowest BCUT2D eigenvalue weighted by Crippen LogP contribution is -2.56. The van der Waals surface area contributed by atoms with Crippen molar-refractivity contribution >= 4 is 29.7 Å². The highest BCUT2D eigenvalue weighted by molar-refractivity contribution is 7.98. The molecule has 1 aliphatic carbocycles. The second-order valence-electron chi connectivity index (χ2n) is 13.2. The summed E-state index contributed by atoms with van der Waals surface area (Å²) in [4.78, 5) is 43.5. The number of benzene rings is 1. The first-order chi connectivity index (χ1) is 19.2. The van der Waals surface area contributed by atoms with E-state index in [1.807, 2.05) is 39.2 Å². The van der Waals surface area contributed by atoms with Crippen LogP contribution in [0.25, 0.3) is 0 Å². The second-order valence-corrected chi connectivity index (χ2v) is 14.1. The van der Waals surface area contributed by atoms with E-state index in [4.69, 9.17) is 4.74 Å². The fourth-order valence-electron chi connectivity index (χ4n) is 5.51. The predicted molar refractivity (Wildman–Crippen MR) is 170 cm³/mol. The van der Waals surface area contributed by atoms with E-state index in [2.05, 4.69) is 30.5 Å². The monoisotopic (exact) mass is 589 g/mol. The average molecular weight is 590 g/mol. The maximum atomic E-state index is 14.6. The normalized spacial score (nSPS) is 16.5. The Kier molecular flexibility index (Phi) is 14.0. The number of thioether (sulfide) groups is 1. The third-order valence-electron chi connectivity index (χ3n) is 7.69. The molecule has 1 aromatic carbocycles. The van der Waals surface area contributed by atoms with Gasteiger partial charge in [-0.15, -0.1) is 0 Å². The SMILES string of the molecule is CSCCC(NC(=O)OC(C)(C)C)C(=O)N(C(C)CCC(C)C)C(C(=O)NC1CCCCC1)c1ccc(C)cc1C. The van der Waals surface area contributed by atoms with E-state index in [0.29, 0.717) is 18.1 Å². The first-order valence-corrected chi connectivity index (χ1v) is 16.8. The fourth-order valence-corrected chi connectivity index (χ4v) is 5.98. The van der Waals surface area contributed by atoms with Crippen LogP contribution in [-0.4, -0.2) is 58.5 Å². The lowest BCUT2D eigenvalue weighted by atomic mass is 9.92. The van der Waals surface area contributed by atoms with Crippen molar-refractivity contribution in [2.24, 2.45) is 5.92 Å². The van der Waals surface area contributed by atoms with Crippen LogP contribution in [0, 0.1) is 19.8 Å². The molecule has 2 N–H and O–H groups in total. The van der Waals surface area contributed by atoms with Gasteiger partial charge in [-0.25, -0.2) is 4.79 Å². The Bertz CT molecular complexity index is 1000. The standard InChI is InChI=1S/C33H55N3O4S/c1-22(2)15-17-25(5)36(31(38)28(19-20-41-9)35-32(39)40-33(6,7)8)29(27-18-16-23(3)21-24(27)4)30(37)34-26-13-11-10-12-14-26/h16,18,21-22,25-26,28-29H,10-15,17,19-20H2,1-9H3,(H,34,37)(H,35,39). The fraction of sp³-hybridized carbons (Fsp3) is 0.727. The Balaban J connectivity index is 2.58. The first kappa shape index (κ1) is 35.0. The Labute approximate surface area is 253 Å². The van der Waals surface area contributed by atoms with Crippen molar-refractivity contribution < 1.29 is 19.1 Å². The molecule has 41 heavy (non-hydrogen) atoms. The molecule has 0 saturated heterocycles. The summed E-state index contributed by atoms with van der Waals surface area (Å²) in [5.41, 5.74) is 2.22. The second kappa shape index (κ2) is 16.4. The summed E-state index contributed by atoms with van der Waals surface area (Å²) in [7, 11) is 0. The van der Waals surface area contributed by atoms with Gasteiger partial charge in [0.15, 0.2) is 0 Å². The van der Waals surface area contributed by atoms with Gasteiger partial charge in [0.05, 0.1) is 0 Å². The van der Waals surface area contributed by atoms with Gasteiger partial charge in [-0.1, -0.05) is 56.9 Å². The number of carbonyl (C=O) groups is 3. The van der Waals surface area contributed by atoms with E-state index in [-0.39, 0.29) is 23.9 Å². The molecule has 7 nitrogen and oxygen atoms in total. The number of hydrogen-bond acceptors (Lipinski definition) is 5. The zero-order valence-electron chi connectivity index (χ0n) is 27.0. The third kappa shape index (κ3) is 11.5. The van der Waals surface area contributed by atoms with Crippen molar-refractivity contribution in [3.05, 3.63) is 34.9 Å². The highest BCUT2D eigenvalue weighted by atomic mass is 32.2. The number of nitrogens with zero attached hydrogens (tertiary/aromatic N) is 1. The molecule has 1 aromatic rings. The molecule has 3 amide bonds. The van der Waals surface area contributed by atoms with Crippen molar-refractivity contribution in [2.45, 2.75) is 137 Å². The molecule has 232 valence electrons. The number of hydrogen-bond donors (Lipinski definition) is 2. The number of ether oxygens (including phenoxy) is 1. The molecule has 1 fully saturated rings. The topological polar surface area (TPSA) is 87.7 Å². The van der Waals surface area contributed by atoms with Gasteiger partial charge >= 0.3 is 6.09 Å². The zero-order valence-corrected chi connectivity index (χ0v) is 27.8. The van der Waals surface area contributed by atoms with Crippen molar-refractivity contribution in [3.8, 4) is 0 Å². The largest absolute Gasteiger partial charge is 0.444 e. The van der Waals surface area contributed by atoms with E-state index in [9.17, 15) is 14.4 Å². The van der Waals surface area contributed by atoms with Gasteiger partial charge in [0.25, 0.3) is 0 Å². The van der Waals surface area contributed by atoms with Crippen LogP contribution in [0.3, 0.4) is 0 Å². The third-order valence-corrected chi connectivity index (χ3v) is 8.33. The quantitative estimate of drug-likeness (QED) is 0.256. The lowest BCUT2D eigenvalue weighted by molar-refractivity contribution is -0.145. The molecule has 1 saturated carbocycles. The van der Waals surface area contributed by atoms with Crippen molar-refractivity contribution in [3.63, 3.8) is 0 Å². The summed E-state index contributed by atoms with van der Waals surface area (Å²) in [5, 5.41) is 6.18. The molecule has 3 unspecified atom stereocenters. The number of alkyl carbamates (subject to hydrolysis) is 1. The number of nitrogens with one attached hydrogen (secondary N) is 2. The lowest BCUT2D eigenvalue weighted by Gasteiger charge is -2.40. The summed E-state index contributed by atoms with van der Waals surface area (Å²) in [5.74, 6) is 0.750. The van der Waals surface area contributed by atoms with Crippen LogP contribution in [0.4, 0.5) is 4.79 Å². The summed E-state index contributed by atoms with van der Waals surface area (Å²) >= 11 is 1.62. The molecule has 0 bridgehead atoms. The molecule has 8 heteroatoms. The molecule has 0 aliphatic heterocycles. The van der Waals surface area contributed by atoms with Crippen molar-refractivity contribution in [1.29, 1.82) is 0 Å². The number of rotatable bonds is 13. The molecule has 1 aliphatic rings. The van der Waals surface area contributed by atoms with Crippen LogP contribution < -0.4 is 10.6 Å². The molecule has 0 radical (unpaired) electrons. The molecular formula is C33H55N3O4S. The Hall–Kier alpha value is -2.22. The van der Waals surface area contributed by atoms with Crippen LogP contribution in [0.1, 0.15) is 116 Å². The van der Waals surface area contributed by atoms with Crippen LogP contribution in [0.15, 0.2) is 18.2 Å². The Morgan fingerprint density at radius 1 is 1.02 bits per heavy atom. The summed E-state index contributed by atoms with van der Waals surface area (Å²) in [6.07, 6.45) is 8.78. The first-order valence-electron chi connectivity index (χ1n) is 15.4. The van der Waals surface area contributed by atoms with Gasteiger partial charge in [0, 0.05) is 12.1 Å². The number of aryl methyl sites for hydroxylation is 2. The molecule has 0 aromatic heterocycles. The minimum Gasteiger partial charge on any atom is -0.444 e. The zero-order chi connectivity index (χ0) is 30.7. The highest BCUT2D eigenvalue weighted by Crippen LogP contribution is 2.31. The van der Waals surface area contributed by atoms with Crippen LogP contribution in [0.2, 0.25) is 0 Å². The van der Waals surface area contributed by atoms with Crippen LogP contribution in [0.5, 0.6) is 0 Å². The van der Waals surface area contributed by atoms with Crippen molar-refractivity contribution in [1.82, 2.24) is 15.5 Å². The van der Waals surface area contributed by atoms with Gasteiger partial charge < -0.3 is 20.3 Å². The Morgan fingerprint density at radius 2 is 1.68 bits per heavy atom. The smallest absolute Gasteiger partial charge is 0.408 e. The van der Waals surface area contributed by atoms with Gasteiger partial charge in [0.2, 0.25) is 11.8 Å². The van der Waals surface area contributed by atoms with E-state index >= 15 is 0 Å². The van der Waals surface area contributed by atoms with Crippen molar-refractivity contribution in [2.75, 3.05) is 12.0 Å².